The normalized spacial score (nSPS) is 12.8. The first-order chi connectivity index (χ1) is 16.6. The zero-order chi connectivity index (χ0) is 26.8. The van der Waals surface area contributed by atoms with Crippen molar-refractivity contribution in [2.24, 2.45) is 0 Å². The molecule has 3 rings (SSSR count). The van der Waals surface area contributed by atoms with Gasteiger partial charge < -0.3 is 5.32 Å². The number of benzene rings is 1. The molecule has 0 radical (unpaired) electrons. The number of alkyl halides is 6. The Hall–Kier alpha value is -3.39. The average Bonchev–Trinajstić information content (AvgIpc) is 3.15. The second-order valence-electron chi connectivity index (χ2n) is 7.30. The Balaban J connectivity index is 1.92. The molecular weight excluding hydrogens is 541 g/mol. The lowest BCUT2D eigenvalue weighted by Crippen LogP contribution is -2.29. The Labute approximate surface area is 208 Å². The number of aromatic nitrogens is 4. The highest BCUT2D eigenvalue weighted by atomic mass is 35.5. The van der Waals surface area contributed by atoms with Gasteiger partial charge in [-0.3, -0.25) is 14.9 Å². The van der Waals surface area contributed by atoms with E-state index in [2.05, 4.69) is 20.4 Å². The van der Waals surface area contributed by atoms with E-state index >= 15 is 0 Å². The van der Waals surface area contributed by atoms with Crippen LogP contribution in [0, 0.1) is 0 Å². The van der Waals surface area contributed by atoms with Crippen LogP contribution in [0.5, 0.6) is 0 Å². The lowest BCUT2D eigenvalue weighted by atomic mass is 10.1. The Morgan fingerprint density at radius 1 is 1.06 bits per heavy atom. The molecule has 36 heavy (non-hydrogen) atoms. The van der Waals surface area contributed by atoms with Gasteiger partial charge in [-0.25, -0.2) is 4.98 Å². The SMILES string of the molecule is CC(NC(=O)c1cc(Cl)cc(C(F)(F)F)c1)c1nc(NC(=O)CC(F)(F)F)nn1-c1ccc(Cl)cn1. The van der Waals surface area contributed by atoms with Crippen LogP contribution in [-0.2, 0) is 11.0 Å². The molecule has 0 bridgehead atoms. The lowest BCUT2D eigenvalue weighted by molar-refractivity contribution is -0.150. The van der Waals surface area contributed by atoms with Crippen LogP contribution in [0.25, 0.3) is 5.82 Å². The van der Waals surface area contributed by atoms with E-state index in [0.717, 1.165) is 10.7 Å². The summed E-state index contributed by atoms with van der Waals surface area (Å²) in [4.78, 5) is 32.3. The van der Waals surface area contributed by atoms with Crippen LogP contribution < -0.4 is 10.6 Å². The van der Waals surface area contributed by atoms with Gasteiger partial charge in [-0.1, -0.05) is 23.2 Å². The van der Waals surface area contributed by atoms with Gasteiger partial charge in [-0.2, -0.15) is 36.0 Å². The quantitative estimate of drug-likeness (QED) is 0.399. The summed E-state index contributed by atoms with van der Waals surface area (Å²) in [6, 6.07) is 3.99. The molecule has 0 spiro atoms. The van der Waals surface area contributed by atoms with Crippen molar-refractivity contribution in [2.75, 3.05) is 5.32 Å². The number of anilines is 1. The van der Waals surface area contributed by atoms with E-state index < -0.39 is 53.7 Å². The molecule has 1 unspecified atom stereocenters. The maximum absolute atomic E-state index is 13.1. The van der Waals surface area contributed by atoms with E-state index in [9.17, 15) is 35.9 Å². The Kier molecular flexibility index (Phi) is 7.79. The average molecular weight is 555 g/mol. The van der Waals surface area contributed by atoms with Gasteiger partial charge in [-0.15, -0.1) is 5.10 Å². The third kappa shape index (κ3) is 7.07. The maximum atomic E-state index is 13.1. The van der Waals surface area contributed by atoms with Crippen molar-refractivity contribution < 1.29 is 35.9 Å². The second kappa shape index (κ2) is 10.3. The van der Waals surface area contributed by atoms with Crippen molar-refractivity contribution in [2.45, 2.75) is 31.7 Å². The summed E-state index contributed by atoms with van der Waals surface area (Å²) in [5.41, 5.74) is -1.55. The van der Waals surface area contributed by atoms with Crippen LogP contribution in [0.4, 0.5) is 32.3 Å². The van der Waals surface area contributed by atoms with E-state index in [1.807, 2.05) is 5.32 Å². The van der Waals surface area contributed by atoms with Gasteiger partial charge in [0, 0.05) is 16.8 Å². The minimum absolute atomic E-state index is 0.0708. The van der Waals surface area contributed by atoms with Gasteiger partial charge in [0.2, 0.25) is 11.9 Å². The standard InChI is InChI=1S/C20H14Cl2F6N6O2/c1-9(30-17(36)10-4-11(20(26,27)28)6-13(22)5-10)16-32-18(31-15(35)7-19(23,24)25)33-34(16)14-3-2-12(21)8-29-14/h2-6,8-9H,7H2,1H3,(H,30,36)(H,31,33,35). The molecule has 3 aromatic rings. The zero-order valence-electron chi connectivity index (χ0n) is 17.9. The molecule has 8 nitrogen and oxygen atoms in total. The molecule has 0 saturated heterocycles. The highest BCUT2D eigenvalue weighted by Gasteiger charge is 2.33. The molecule has 0 saturated carbocycles. The van der Waals surface area contributed by atoms with Gasteiger partial charge >= 0.3 is 12.4 Å². The van der Waals surface area contributed by atoms with Crippen molar-refractivity contribution in [3.05, 3.63) is 63.5 Å². The third-order valence-electron chi connectivity index (χ3n) is 4.40. The van der Waals surface area contributed by atoms with Gasteiger partial charge in [0.15, 0.2) is 11.6 Å². The molecule has 0 aliphatic rings. The summed E-state index contributed by atoms with van der Waals surface area (Å²) in [6.07, 6.45) is -10.1. The Bertz CT molecular complexity index is 1280. The number of pyridine rings is 1. The van der Waals surface area contributed by atoms with Crippen molar-refractivity contribution in [1.29, 1.82) is 0 Å². The molecule has 2 N–H and O–H groups in total. The van der Waals surface area contributed by atoms with Gasteiger partial charge in [-0.05, 0) is 37.3 Å². The molecule has 0 aliphatic heterocycles. The fourth-order valence-corrected chi connectivity index (χ4v) is 3.25. The van der Waals surface area contributed by atoms with Crippen LogP contribution in [0.3, 0.4) is 0 Å². The number of nitrogens with zero attached hydrogens (tertiary/aromatic N) is 4. The number of halogens is 8. The minimum atomic E-state index is -4.78. The number of carbonyl (C=O) groups excluding carboxylic acids is 2. The molecule has 1 atom stereocenters. The van der Waals surface area contributed by atoms with Crippen LogP contribution in [0.2, 0.25) is 10.0 Å². The molecule has 2 amide bonds. The lowest BCUT2D eigenvalue weighted by Gasteiger charge is -2.15. The van der Waals surface area contributed by atoms with E-state index in [0.29, 0.717) is 12.1 Å². The summed E-state index contributed by atoms with van der Waals surface area (Å²) in [6.45, 7) is 1.38. The summed E-state index contributed by atoms with van der Waals surface area (Å²) in [7, 11) is 0. The molecule has 2 heterocycles. The van der Waals surface area contributed by atoms with Crippen LogP contribution in [0.1, 0.15) is 41.1 Å². The predicted octanol–water partition coefficient (Wildman–Crippen LogP) is 5.37. The van der Waals surface area contributed by atoms with Gasteiger partial charge in [0.1, 0.15) is 6.42 Å². The number of nitrogens with one attached hydrogen (secondary N) is 2. The van der Waals surface area contributed by atoms with E-state index in [1.165, 1.54) is 25.3 Å². The van der Waals surface area contributed by atoms with Gasteiger partial charge in [0.25, 0.3) is 5.91 Å². The highest BCUT2D eigenvalue weighted by molar-refractivity contribution is 6.31. The summed E-state index contributed by atoms with van der Waals surface area (Å²) < 4.78 is 77.8. The van der Waals surface area contributed by atoms with Crippen LogP contribution >= 0.6 is 23.2 Å². The van der Waals surface area contributed by atoms with E-state index in [4.69, 9.17) is 23.2 Å². The van der Waals surface area contributed by atoms with Crippen LogP contribution in [0.15, 0.2) is 36.5 Å². The first kappa shape index (κ1) is 27.2. The van der Waals surface area contributed by atoms with E-state index in [-0.39, 0.29) is 21.7 Å². The first-order valence-electron chi connectivity index (χ1n) is 9.76. The molecule has 1 aromatic carbocycles. The molecular formula is C20H14Cl2F6N6O2. The topological polar surface area (TPSA) is 102 Å². The molecule has 2 aromatic heterocycles. The first-order valence-corrected chi connectivity index (χ1v) is 10.5. The smallest absolute Gasteiger partial charge is 0.342 e. The number of hydrogen-bond donors (Lipinski definition) is 2. The molecule has 16 heteroatoms. The predicted molar refractivity (Wildman–Crippen MR) is 116 cm³/mol. The fraction of sp³-hybridized carbons (Fsp3) is 0.250. The summed E-state index contributed by atoms with van der Waals surface area (Å²) in [5, 5.41) is 8.16. The number of rotatable bonds is 6. The molecule has 0 fully saturated rings. The summed E-state index contributed by atoms with van der Waals surface area (Å²) in [5.74, 6) is -2.97. The van der Waals surface area contributed by atoms with Crippen LogP contribution in [-0.4, -0.2) is 37.7 Å². The highest BCUT2D eigenvalue weighted by Crippen LogP contribution is 2.32. The third-order valence-corrected chi connectivity index (χ3v) is 4.84. The Morgan fingerprint density at radius 3 is 2.33 bits per heavy atom. The molecule has 0 aliphatic carbocycles. The maximum Gasteiger partial charge on any atom is 0.416 e. The number of hydrogen-bond acceptors (Lipinski definition) is 5. The van der Waals surface area contributed by atoms with E-state index in [1.54, 1.807) is 0 Å². The van der Waals surface area contributed by atoms with Crippen molar-refractivity contribution in [1.82, 2.24) is 25.1 Å². The molecule has 192 valence electrons. The largest absolute Gasteiger partial charge is 0.416 e. The summed E-state index contributed by atoms with van der Waals surface area (Å²) >= 11 is 11.5. The van der Waals surface area contributed by atoms with Crippen molar-refractivity contribution >= 4 is 41.0 Å². The van der Waals surface area contributed by atoms with Crippen molar-refractivity contribution in [3.63, 3.8) is 0 Å². The number of amides is 2. The number of carbonyl (C=O) groups is 2. The van der Waals surface area contributed by atoms with Gasteiger partial charge in [0.05, 0.1) is 16.6 Å². The Morgan fingerprint density at radius 2 is 1.75 bits per heavy atom. The minimum Gasteiger partial charge on any atom is -0.342 e. The second-order valence-corrected chi connectivity index (χ2v) is 8.17. The fourth-order valence-electron chi connectivity index (χ4n) is 2.90. The zero-order valence-corrected chi connectivity index (χ0v) is 19.4. The monoisotopic (exact) mass is 554 g/mol. The van der Waals surface area contributed by atoms with Crippen molar-refractivity contribution in [3.8, 4) is 5.82 Å².